The van der Waals surface area contributed by atoms with Gasteiger partial charge < -0.3 is 15.3 Å². The molecular formula is C25H24FN5O4. The zero-order chi connectivity index (χ0) is 24.5. The lowest BCUT2D eigenvalue weighted by Gasteiger charge is -2.27. The molecule has 2 aliphatic carbocycles. The lowest BCUT2D eigenvalue weighted by atomic mass is 10.1. The number of halogens is 1. The summed E-state index contributed by atoms with van der Waals surface area (Å²) in [6.07, 6.45) is 3.08. The van der Waals surface area contributed by atoms with Crippen LogP contribution < -0.4 is 5.32 Å². The lowest BCUT2D eigenvalue weighted by molar-refractivity contribution is -0.140. The standard InChI is InChI=1S/C25H24FN5O4/c1-13-7-16-19(11-27-13)30(29-22(16)24(34)35)12-21(32)31-17-8-14(17)9-18(31)23(33)28-20-10-25(20,26)15-5-3-2-4-6-15/h2-7,11,14,17-18,20H,8-10,12H2,1H3,(H,28,33)(H,34,35)/t14-,17-,18+,20-,25-/m1/s1. The maximum absolute atomic E-state index is 15.3. The number of aryl methyl sites for hydroxylation is 1. The molecule has 2 amide bonds. The van der Waals surface area contributed by atoms with E-state index in [-0.39, 0.29) is 42.4 Å². The van der Waals surface area contributed by atoms with Gasteiger partial charge >= 0.3 is 5.97 Å². The smallest absolute Gasteiger partial charge is 0.357 e. The van der Waals surface area contributed by atoms with Crippen molar-refractivity contribution in [2.45, 2.75) is 56.5 Å². The quantitative estimate of drug-likeness (QED) is 0.562. The molecule has 0 radical (unpaired) electrons. The summed E-state index contributed by atoms with van der Waals surface area (Å²) in [5.41, 5.74) is -0.109. The minimum atomic E-state index is -1.58. The van der Waals surface area contributed by atoms with E-state index in [1.54, 1.807) is 42.2 Å². The van der Waals surface area contributed by atoms with E-state index < -0.39 is 23.7 Å². The van der Waals surface area contributed by atoms with Crippen LogP contribution in [0.3, 0.4) is 0 Å². The molecule has 6 rings (SSSR count). The van der Waals surface area contributed by atoms with Gasteiger partial charge in [0.2, 0.25) is 11.8 Å². The first-order valence-electron chi connectivity index (χ1n) is 11.7. The first-order valence-corrected chi connectivity index (χ1v) is 11.7. The maximum Gasteiger partial charge on any atom is 0.357 e. The van der Waals surface area contributed by atoms with Crippen LogP contribution in [0, 0.1) is 12.8 Å². The molecule has 3 heterocycles. The van der Waals surface area contributed by atoms with Gasteiger partial charge in [-0.1, -0.05) is 30.3 Å². The van der Waals surface area contributed by atoms with Gasteiger partial charge in [0.1, 0.15) is 12.6 Å². The number of carboxylic acids is 1. The van der Waals surface area contributed by atoms with Gasteiger partial charge in [0.05, 0.1) is 17.8 Å². The lowest BCUT2D eigenvalue weighted by Crippen LogP contribution is -2.50. The van der Waals surface area contributed by atoms with Crippen molar-refractivity contribution in [3.05, 3.63) is 59.5 Å². The van der Waals surface area contributed by atoms with Crippen LogP contribution in [0.25, 0.3) is 10.9 Å². The number of alkyl halides is 1. The van der Waals surface area contributed by atoms with Gasteiger partial charge in [-0.3, -0.25) is 19.3 Å². The minimum Gasteiger partial charge on any atom is -0.476 e. The highest BCUT2D eigenvalue weighted by atomic mass is 19.1. The van der Waals surface area contributed by atoms with Crippen LogP contribution >= 0.6 is 0 Å². The molecule has 3 aliphatic rings. The third kappa shape index (κ3) is 3.55. The Morgan fingerprint density at radius 3 is 2.74 bits per heavy atom. The molecule has 5 atom stereocenters. The molecular weight excluding hydrogens is 453 g/mol. The minimum absolute atomic E-state index is 0.0251. The summed E-state index contributed by atoms with van der Waals surface area (Å²) in [7, 11) is 0. The van der Waals surface area contributed by atoms with Crippen molar-refractivity contribution >= 4 is 28.7 Å². The van der Waals surface area contributed by atoms with Crippen molar-refractivity contribution in [3.63, 3.8) is 0 Å². The Balaban J connectivity index is 1.20. The van der Waals surface area contributed by atoms with E-state index in [9.17, 15) is 19.5 Å². The Morgan fingerprint density at radius 1 is 1.23 bits per heavy atom. The molecule has 1 aromatic carbocycles. The topological polar surface area (TPSA) is 117 Å². The summed E-state index contributed by atoms with van der Waals surface area (Å²) in [6, 6.07) is 9.09. The van der Waals surface area contributed by atoms with E-state index in [0.717, 1.165) is 6.42 Å². The fourth-order valence-electron chi connectivity index (χ4n) is 5.42. The number of hydrogen-bond acceptors (Lipinski definition) is 5. The van der Waals surface area contributed by atoms with Crippen LogP contribution in [0.5, 0.6) is 0 Å². The summed E-state index contributed by atoms with van der Waals surface area (Å²) in [5.74, 6) is -1.60. The molecule has 2 aromatic heterocycles. The summed E-state index contributed by atoms with van der Waals surface area (Å²) in [4.78, 5) is 43.9. The first-order chi connectivity index (χ1) is 16.8. The Kier molecular flexibility index (Phi) is 4.71. The third-order valence-electron chi connectivity index (χ3n) is 7.42. The highest BCUT2D eigenvalue weighted by Crippen LogP contribution is 2.51. The summed E-state index contributed by atoms with van der Waals surface area (Å²) in [6.45, 7) is 1.54. The van der Waals surface area contributed by atoms with Crippen molar-refractivity contribution in [2.75, 3.05) is 0 Å². The molecule has 10 heteroatoms. The second-order valence-electron chi connectivity index (χ2n) is 9.76. The number of aromatic carboxylic acids is 1. The van der Waals surface area contributed by atoms with Gasteiger partial charge in [-0.25, -0.2) is 9.18 Å². The molecule has 180 valence electrons. The molecule has 0 spiro atoms. The predicted molar refractivity (Wildman–Crippen MR) is 122 cm³/mol. The molecule has 1 saturated heterocycles. The van der Waals surface area contributed by atoms with Crippen LogP contribution in [0.4, 0.5) is 4.39 Å². The number of likely N-dealkylation sites (tertiary alicyclic amines) is 1. The van der Waals surface area contributed by atoms with Crippen LogP contribution in [-0.4, -0.2) is 60.7 Å². The van der Waals surface area contributed by atoms with Gasteiger partial charge in [0, 0.05) is 23.5 Å². The number of rotatable bonds is 6. The number of amides is 2. The van der Waals surface area contributed by atoms with Crippen molar-refractivity contribution in [1.29, 1.82) is 0 Å². The summed E-state index contributed by atoms with van der Waals surface area (Å²) < 4.78 is 16.6. The van der Waals surface area contributed by atoms with Crippen molar-refractivity contribution in [3.8, 4) is 0 Å². The first kappa shape index (κ1) is 21.7. The SMILES string of the molecule is Cc1cc2c(C(=O)O)nn(CC(=O)N3[C@@H]4C[C@@H]4C[C@H]3C(=O)N[C@@H]3C[C@@]3(F)c3ccccc3)c2cn1. The van der Waals surface area contributed by atoms with E-state index in [1.807, 2.05) is 6.07 Å². The number of piperidine rings is 1. The van der Waals surface area contributed by atoms with Crippen LogP contribution in [-0.2, 0) is 21.8 Å². The summed E-state index contributed by atoms with van der Waals surface area (Å²) in [5, 5.41) is 16.9. The van der Waals surface area contributed by atoms with Gasteiger partial charge in [-0.2, -0.15) is 5.10 Å². The monoisotopic (exact) mass is 477 g/mol. The molecule has 3 fully saturated rings. The molecule has 1 aliphatic heterocycles. The normalized spacial score (nSPS) is 28.6. The number of nitrogens with zero attached hydrogens (tertiary/aromatic N) is 4. The van der Waals surface area contributed by atoms with Gasteiger partial charge in [0.15, 0.2) is 11.4 Å². The van der Waals surface area contributed by atoms with Crippen molar-refractivity contribution in [1.82, 2.24) is 25.0 Å². The maximum atomic E-state index is 15.3. The van der Waals surface area contributed by atoms with Gasteiger partial charge in [-0.15, -0.1) is 0 Å². The highest BCUT2D eigenvalue weighted by Gasteiger charge is 2.60. The van der Waals surface area contributed by atoms with Gasteiger partial charge in [-0.05, 0) is 37.3 Å². The number of fused-ring (bicyclic) bond motifs is 2. The zero-order valence-corrected chi connectivity index (χ0v) is 19.0. The third-order valence-corrected chi connectivity index (χ3v) is 7.42. The van der Waals surface area contributed by atoms with Crippen molar-refractivity contribution in [2.24, 2.45) is 5.92 Å². The van der Waals surface area contributed by atoms with E-state index in [1.165, 1.54) is 10.9 Å². The Morgan fingerprint density at radius 2 is 2.00 bits per heavy atom. The number of nitrogens with one attached hydrogen (secondary N) is 1. The molecule has 0 bridgehead atoms. The van der Waals surface area contributed by atoms with Crippen LogP contribution in [0.15, 0.2) is 42.6 Å². The molecule has 9 nitrogen and oxygen atoms in total. The number of carbonyl (C=O) groups is 3. The fraction of sp³-hybridized carbons (Fsp3) is 0.400. The number of hydrogen-bond donors (Lipinski definition) is 2. The number of carboxylic acid groups (broad SMARTS) is 1. The Labute approximate surface area is 199 Å². The second-order valence-corrected chi connectivity index (χ2v) is 9.76. The van der Waals surface area contributed by atoms with Crippen LogP contribution in [0.2, 0.25) is 0 Å². The fourth-order valence-corrected chi connectivity index (χ4v) is 5.42. The molecule has 0 unspecified atom stereocenters. The highest BCUT2D eigenvalue weighted by molar-refractivity contribution is 6.01. The van der Waals surface area contributed by atoms with E-state index in [0.29, 0.717) is 28.6 Å². The number of aromatic nitrogens is 3. The van der Waals surface area contributed by atoms with E-state index in [2.05, 4.69) is 15.4 Å². The summed E-state index contributed by atoms with van der Waals surface area (Å²) >= 11 is 0. The number of carbonyl (C=O) groups excluding carboxylic acids is 2. The molecule has 2 saturated carbocycles. The van der Waals surface area contributed by atoms with Crippen molar-refractivity contribution < 1.29 is 23.9 Å². The van der Waals surface area contributed by atoms with E-state index >= 15 is 4.39 Å². The number of pyridine rings is 1. The largest absolute Gasteiger partial charge is 0.476 e. The number of benzene rings is 1. The molecule has 35 heavy (non-hydrogen) atoms. The molecule has 2 N–H and O–H groups in total. The van der Waals surface area contributed by atoms with Gasteiger partial charge in [0.25, 0.3) is 0 Å². The Hall–Kier alpha value is -3.82. The second kappa shape index (κ2) is 7.59. The zero-order valence-electron chi connectivity index (χ0n) is 19.0. The predicted octanol–water partition coefficient (Wildman–Crippen LogP) is 2.18. The van der Waals surface area contributed by atoms with Crippen LogP contribution in [0.1, 0.15) is 41.0 Å². The average Bonchev–Trinajstić information content (AvgIpc) is 3.65. The molecule has 3 aromatic rings. The average molecular weight is 477 g/mol. The Bertz CT molecular complexity index is 1370. The van der Waals surface area contributed by atoms with E-state index in [4.69, 9.17) is 0 Å².